The first-order chi connectivity index (χ1) is 8.15. The monoisotopic (exact) mass is 271 g/mol. The molecule has 0 spiro atoms. The zero-order valence-electron chi connectivity index (χ0n) is 10.3. The van der Waals surface area contributed by atoms with E-state index in [-0.39, 0.29) is 18.5 Å². The molecular formula is C13H18ClNO3. The van der Waals surface area contributed by atoms with Gasteiger partial charge in [-0.05, 0) is 24.6 Å². The molecule has 1 aromatic carbocycles. The molecule has 1 aliphatic rings. The maximum Gasteiger partial charge on any atom is 0.335 e. The fourth-order valence-electron chi connectivity index (χ4n) is 2.05. The zero-order chi connectivity index (χ0) is 12.3. The molecule has 1 heterocycles. The molecule has 0 saturated carbocycles. The van der Waals surface area contributed by atoms with E-state index in [1.807, 2.05) is 12.1 Å². The van der Waals surface area contributed by atoms with Gasteiger partial charge in [-0.15, -0.1) is 12.4 Å². The number of halogens is 1. The number of hydrogen-bond donors (Lipinski definition) is 1. The fraction of sp³-hybridized carbons (Fsp3) is 0.462. The Hall–Kier alpha value is -1.10. The number of nitrogens with zero attached hydrogens (tertiary/aromatic N) is 1. The van der Waals surface area contributed by atoms with Crippen LogP contribution in [-0.2, 0) is 11.3 Å². The highest BCUT2D eigenvalue weighted by atomic mass is 35.5. The molecular weight excluding hydrogens is 254 g/mol. The molecule has 1 saturated heterocycles. The second-order valence-electron chi connectivity index (χ2n) is 4.42. The smallest absolute Gasteiger partial charge is 0.335 e. The van der Waals surface area contributed by atoms with Gasteiger partial charge in [-0.2, -0.15) is 0 Å². The fourth-order valence-corrected chi connectivity index (χ4v) is 2.05. The van der Waals surface area contributed by atoms with E-state index in [1.165, 1.54) is 0 Å². The molecule has 18 heavy (non-hydrogen) atoms. The number of benzene rings is 1. The lowest BCUT2D eigenvalue weighted by Crippen LogP contribution is -2.40. The molecule has 0 aromatic heterocycles. The van der Waals surface area contributed by atoms with Crippen LogP contribution < -0.4 is 0 Å². The Morgan fingerprint density at radius 2 is 2.11 bits per heavy atom. The molecule has 5 heteroatoms. The molecule has 1 aliphatic heterocycles. The third-order valence-electron chi connectivity index (χ3n) is 2.93. The predicted octanol–water partition coefficient (Wildman–Crippen LogP) is 2.03. The van der Waals surface area contributed by atoms with Crippen molar-refractivity contribution in [2.24, 2.45) is 0 Å². The Bertz CT molecular complexity index is 394. The molecule has 100 valence electrons. The van der Waals surface area contributed by atoms with E-state index < -0.39 is 5.97 Å². The standard InChI is InChI=1S/C13H17NO3.ClH/c1-10-8-14(6-7-17-10)9-11-2-4-12(5-3-11)13(15)16;/h2-5,10H,6-9H2,1H3,(H,15,16);1H. The molecule has 1 fully saturated rings. The molecule has 1 aromatic rings. The number of rotatable bonds is 3. The molecule has 0 radical (unpaired) electrons. The van der Waals surface area contributed by atoms with Gasteiger partial charge in [0.15, 0.2) is 0 Å². The summed E-state index contributed by atoms with van der Waals surface area (Å²) in [5.41, 5.74) is 1.48. The maximum absolute atomic E-state index is 10.7. The molecule has 1 unspecified atom stereocenters. The van der Waals surface area contributed by atoms with Gasteiger partial charge in [0.25, 0.3) is 0 Å². The summed E-state index contributed by atoms with van der Waals surface area (Å²) in [6.45, 7) is 5.56. The number of carboxylic acid groups (broad SMARTS) is 1. The molecule has 0 aliphatic carbocycles. The molecule has 0 amide bonds. The van der Waals surface area contributed by atoms with Gasteiger partial charge in [0.05, 0.1) is 18.3 Å². The van der Waals surface area contributed by atoms with Crippen molar-refractivity contribution in [2.75, 3.05) is 19.7 Å². The van der Waals surface area contributed by atoms with E-state index in [2.05, 4.69) is 11.8 Å². The van der Waals surface area contributed by atoms with Gasteiger partial charge in [0, 0.05) is 19.6 Å². The lowest BCUT2D eigenvalue weighted by Gasteiger charge is -2.31. The van der Waals surface area contributed by atoms with Crippen LogP contribution in [-0.4, -0.2) is 41.8 Å². The Labute approximate surface area is 113 Å². The topological polar surface area (TPSA) is 49.8 Å². The summed E-state index contributed by atoms with van der Waals surface area (Å²) in [6, 6.07) is 7.07. The average molecular weight is 272 g/mol. The van der Waals surface area contributed by atoms with E-state index in [9.17, 15) is 4.79 Å². The molecule has 2 rings (SSSR count). The summed E-state index contributed by atoms with van der Waals surface area (Å²) < 4.78 is 5.48. The molecule has 1 N–H and O–H groups in total. The first-order valence-electron chi connectivity index (χ1n) is 5.81. The number of aromatic carboxylic acids is 1. The van der Waals surface area contributed by atoms with E-state index >= 15 is 0 Å². The third kappa shape index (κ3) is 3.98. The van der Waals surface area contributed by atoms with Crippen molar-refractivity contribution < 1.29 is 14.6 Å². The summed E-state index contributed by atoms with van der Waals surface area (Å²) in [5, 5.41) is 8.80. The normalized spacial score (nSPS) is 20.2. The van der Waals surface area contributed by atoms with Crippen molar-refractivity contribution in [2.45, 2.75) is 19.6 Å². The van der Waals surface area contributed by atoms with E-state index in [0.717, 1.165) is 31.8 Å². The summed E-state index contributed by atoms with van der Waals surface area (Å²) >= 11 is 0. The summed E-state index contributed by atoms with van der Waals surface area (Å²) in [7, 11) is 0. The number of ether oxygens (including phenoxy) is 1. The quantitative estimate of drug-likeness (QED) is 0.914. The van der Waals surface area contributed by atoms with Crippen LogP contribution in [0.2, 0.25) is 0 Å². The second-order valence-corrected chi connectivity index (χ2v) is 4.42. The van der Waals surface area contributed by atoms with Crippen molar-refractivity contribution in [3.63, 3.8) is 0 Å². The Kier molecular flexibility index (Phi) is 5.59. The summed E-state index contributed by atoms with van der Waals surface area (Å²) in [6.07, 6.45) is 0.280. The number of morpholine rings is 1. The minimum Gasteiger partial charge on any atom is -0.478 e. The van der Waals surface area contributed by atoms with Gasteiger partial charge in [0.2, 0.25) is 0 Å². The van der Waals surface area contributed by atoms with E-state index in [1.54, 1.807) is 12.1 Å². The van der Waals surface area contributed by atoms with Crippen LogP contribution >= 0.6 is 12.4 Å². The van der Waals surface area contributed by atoms with Crippen LogP contribution in [0.5, 0.6) is 0 Å². The number of hydrogen-bond acceptors (Lipinski definition) is 3. The lowest BCUT2D eigenvalue weighted by molar-refractivity contribution is -0.0212. The van der Waals surface area contributed by atoms with Crippen molar-refractivity contribution in [3.05, 3.63) is 35.4 Å². The lowest BCUT2D eigenvalue weighted by atomic mass is 10.1. The molecule has 1 atom stereocenters. The van der Waals surface area contributed by atoms with Gasteiger partial charge < -0.3 is 9.84 Å². The zero-order valence-corrected chi connectivity index (χ0v) is 11.2. The van der Waals surface area contributed by atoms with Crippen LogP contribution in [0, 0.1) is 0 Å². The second kappa shape index (κ2) is 6.73. The SMILES string of the molecule is CC1CN(Cc2ccc(C(=O)O)cc2)CCO1.Cl. The molecule has 4 nitrogen and oxygen atoms in total. The summed E-state index contributed by atoms with van der Waals surface area (Å²) in [4.78, 5) is 13.0. The average Bonchev–Trinajstić information content (AvgIpc) is 2.29. The third-order valence-corrected chi connectivity index (χ3v) is 2.93. The Morgan fingerprint density at radius 1 is 1.44 bits per heavy atom. The van der Waals surface area contributed by atoms with Gasteiger partial charge >= 0.3 is 5.97 Å². The highest BCUT2D eigenvalue weighted by Crippen LogP contribution is 2.11. The Morgan fingerprint density at radius 3 is 2.67 bits per heavy atom. The first-order valence-corrected chi connectivity index (χ1v) is 5.81. The van der Waals surface area contributed by atoms with Crippen molar-refractivity contribution >= 4 is 18.4 Å². The van der Waals surface area contributed by atoms with Crippen molar-refractivity contribution in [3.8, 4) is 0 Å². The Balaban J connectivity index is 0.00000162. The highest BCUT2D eigenvalue weighted by Gasteiger charge is 2.16. The van der Waals surface area contributed by atoms with Gasteiger partial charge in [-0.25, -0.2) is 4.79 Å². The minimum atomic E-state index is -0.878. The number of carbonyl (C=O) groups is 1. The van der Waals surface area contributed by atoms with Gasteiger partial charge in [-0.3, -0.25) is 4.90 Å². The predicted molar refractivity (Wildman–Crippen MR) is 71.3 cm³/mol. The van der Waals surface area contributed by atoms with Crippen LogP contribution in [0.1, 0.15) is 22.8 Å². The largest absolute Gasteiger partial charge is 0.478 e. The summed E-state index contributed by atoms with van der Waals surface area (Å²) in [5.74, 6) is -0.878. The van der Waals surface area contributed by atoms with Crippen molar-refractivity contribution in [1.82, 2.24) is 4.90 Å². The van der Waals surface area contributed by atoms with Crippen LogP contribution in [0.3, 0.4) is 0 Å². The number of carboxylic acids is 1. The van der Waals surface area contributed by atoms with Crippen molar-refractivity contribution in [1.29, 1.82) is 0 Å². The maximum atomic E-state index is 10.7. The molecule has 0 bridgehead atoms. The first kappa shape index (κ1) is 15.0. The van der Waals surface area contributed by atoms with Gasteiger partial charge in [-0.1, -0.05) is 12.1 Å². The van der Waals surface area contributed by atoms with E-state index in [0.29, 0.717) is 5.56 Å². The van der Waals surface area contributed by atoms with Gasteiger partial charge in [0.1, 0.15) is 0 Å². The highest BCUT2D eigenvalue weighted by molar-refractivity contribution is 5.87. The van der Waals surface area contributed by atoms with Crippen LogP contribution in [0.4, 0.5) is 0 Å². The van der Waals surface area contributed by atoms with Crippen LogP contribution in [0.25, 0.3) is 0 Å². The minimum absolute atomic E-state index is 0. The van der Waals surface area contributed by atoms with E-state index in [4.69, 9.17) is 9.84 Å². The van der Waals surface area contributed by atoms with Crippen LogP contribution in [0.15, 0.2) is 24.3 Å².